The summed E-state index contributed by atoms with van der Waals surface area (Å²) in [7, 11) is 0. The van der Waals surface area contributed by atoms with Crippen LogP contribution in [-0.4, -0.2) is 18.7 Å². The Balaban J connectivity index is 2.16. The summed E-state index contributed by atoms with van der Waals surface area (Å²) in [6, 6.07) is 6.32. The Morgan fingerprint density at radius 1 is 1.29 bits per heavy atom. The highest BCUT2D eigenvalue weighted by Gasteiger charge is 2.34. The highest BCUT2D eigenvalue weighted by atomic mass is 16.5. The van der Waals surface area contributed by atoms with Crippen LogP contribution >= 0.6 is 0 Å². The summed E-state index contributed by atoms with van der Waals surface area (Å²) in [4.78, 5) is 0. The number of hydrogen-bond donors (Lipinski definition) is 1. The molecule has 1 heterocycles. The van der Waals surface area contributed by atoms with Gasteiger partial charge in [-0.3, -0.25) is 0 Å². The Kier molecular flexibility index (Phi) is 2.23. The summed E-state index contributed by atoms with van der Waals surface area (Å²) >= 11 is 0. The number of rotatable bonds is 2. The summed E-state index contributed by atoms with van der Waals surface area (Å²) in [5, 5.41) is 3.23. The second-order valence-electron chi connectivity index (χ2n) is 4.42. The van der Waals surface area contributed by atoms with E-state index in [0.717, 1.165) is 18.8 Å². The zero-order valence-corrected chi connectivity index (χ0v) is 9.05. The maximum Gasteiger partial charge on any atom is 0.131 e. The van der Waals surface area contributed by atoms with Gasteiger partial charge in [-0.25, -0.2) is 0 Å². The molecule has 0 spiro atoms. The van der Waals surface area contributed by atoms with Crippen LogP contribution in [0.4, 0.5) is 0 Å². The Bertz CT molecular complexity index is 342. The molecule has 2 rings (SSSR count). The molecule has 1 aliphatic heterocycles. The molecule has 0 unspecified atom stereocenters. The molecule has 1 fully saturated rings. The first-order valence-corrected chi connectivity index (χ1v) is 5.06. The topological polar surface area (TPSA) is 21.3 Å². The lowest BCUT2D eigenvalue weighted by molar-refractivity contribution is 0.0342. The average molecular weight is 191 g/mol. The first kappa shape index (κ1) is 9.53. The summed E-state index contributed by atoms with van der Waals surface area (Å²) < 4.78 is 5.96. The number of ether oxygens (including phenoxy) is 1. The molecule has 1 aliphatic rings. The standard InChI is InChI=1S/C12H17NO/c1-9-4-5-11(10(2)6-9)14-12(3)7-13-8-12/h4-6,13H,7-8H2,1-3H3. The highest BCUT2D eigenvalue weighted by Crippen LogP contribution is 2.25. The molecule has 1 aromatic rings. The van der Waals surface area contributed by atoms with Crippen molar-refractivity contribution in [2.24, 2.45) is 0 Å². The van der Waals surface area contributed by atoms with E-state index in [9.17, 15) is 0 Å². The molecule has 0 aromatic heterocycles. The third kappa shape index (κ3) is 1.75. The van der Waals surface area contributed by atoms with E-state index in [1.54, 1.807) is 0 Å². The molecule has 1 N–H and O–H groups in total. The van der Waals surface area contributed by atoms with Gasteiger partial charge >= 0.3 is 0 Å². The molecule has 1 aromatic carbocycles. The van der Waals surface area contributed by atoms with E-state index in [2.05, 4.69) is 44.3 Å². The molecule has 0 aliphatic carbocycles. The molecule has 14 heavy (non-hydrogen) atoms. The van der Waals surface area contributed by atoms with Crippen molar-refractivity contribution in [3.63, 3.8) is 0 Å². The molecule has 0 atom stereocenters. The molecule has 0 radical (unpaired) electrons. The minimum atomic E-state index is 0.0000180. The van der Waals surface area contributed by atoms with E-state index in [4.69, 9.17) is 4.74 Å². The van der Waals surface area contributed by atoms with Crippen LogP contribution in [-0.2, 0) is 0 Å². The smallest absolute Gasteiger partial charge is 0.131 e. The van der Waals surface area contributed by atoms with Crippen molar-refractivity contribution in [2.45, 2.75) is 26.4 Å². The quantitative estimate of drug-likeness (QED) is 0.772. The monoisotopic (exact) mass is 191 g/mol. The van der Waals surface area contributed by atoms with Crippen molar-refractivity contribution in [1.29, 1.82) is 0 Å². The summed E-state index contributed by atoms with van der Waals surface area (Å²) in [5.41, 5.74) is 2.50. The van der Waals surface area contributed by atoms with Crippen molar-refractivity contribution < 1.29 is 4.74 Å². The van der Waals surface area contributed by atoms with Gasteiger partial charge in [-0.05, 0) is 32.4 Å². The van der Waals surface area contributed by atoms with Gasteiger partial charge < -0.3 is 10.1 Å². The molecule has 0 bridgehead atoms. The Morgan fingerprint density at radius 3 is 2.50 bits per heavy atom. The second kappa shape index (κ2) is 3.28. The zero-order valence-electron chi connectivity index (χ0n) is 9.05. The first-order valence-electron chi connectivity index (χ1n) is 5.06. The van der Waals surface area contributed by atoms with E-state index in [1.165, 1.54) is 11.1 Å². The lowest BCUT2D eigenvalue weighted by atomic mass is 9.99. The number of hydrogen-bond acceptors (Lipinski definition) is 2. The number of benzene rings is 1. The van der Waals surface area contributed by atoms with E-state index >= 15 is 0 Å². The highest BCUT2D eigenvalue weighted by molar-refractivity contribution is 5.36. The van der Waals surface area contributed by atoms with Gasteiger partial charge in [0.1, 0.15) is 11.4 Å². The SMILES string of the molecule is Cc1ccc(OC2(C)CNC2)c(C)c1. The lowest BCUT2D eigenvalue weighted by Gasteiger charge is -2.39. The van der Waals surface area contributed by atoms with Gasteiger partial charge in [0.25, 0.3) is 0 Å². The zero-order chi connectivity index (χ0) is 10.2. The lowest BCUT2D eigenvalue weighted by Crippen LogP contribution is -2.61. The minimum Gasteiger partial charge on any atom is -0.485 e. The van der Waals surface area contributed by atoms with Crippen LogP contribution in [0.2, 0.25) is 0 Å². The second-order valence-corrected chi connectivity index (χ2v) is 4.42. The third-order valence-electron chi connectivity index (χ3n) is 2.68. The molecular formula is C12H17NO. The Labute approximate surface area is 85.3 Å². The van der Waals surface area contributed by atoms with Crippen LogP contribution in [0.3, 0.4) is 0 Å². The van der Waals surface area contributed by atoms with Crippen LogP contribution in [0, 0.1) is 13.8 Å². The van der Waals surface area contributed by atoms with Gasteiger partial charge in [-0.1, -0.05) is 17.7 Å². The fourth-order valence-corrected chi connectivity index (χ4v) is 1.73. The number of aryl methyl sites for hydroxylation is 2. The first-order chi connectivity index (χ1) is 6.59. The van der Waals surface area contributed by atoms with Gasteiger partial charge in [0.05, 0.1) is 0 Å². The fourth-order valence-electron chi connectivity index (χ4n) is 1.73. The summed E-state index contributed by atoms with van der Waals surface area (Å²) in [6.45, 7) is 8.23. The van der Waals surface area contributed by atoms with Crippen LogP contribution < -0.4 is 10.1 Å². The normalized spacial score (nSPS) is 18.8. The van der Waals surface area contributed by atoms with Crippen molar-refractivity contribution in [2.75, 3.05) is 13.1 Å². The van der Waals surface area contributed by atoms with Gasteiger partial charge in [0.15, 0.2) is 0 Å². The van der Waals surface area contributed by atoms with Crippen molar-refractivity contribution in [3.8, 4) is 5.75 Å². The van der Waals surface area contributed by atoms with Gasteiger partial charge in [-0.15, -0.1) is 0 Å². The average Bonchev–Trinajstić information content (AvgIpc) is 2.07. The molecule has 1 saturated heterocycles. The fraction of sp³-hybridized carbons (Fsp3) is 0.500. The maximum atomic E-state index is 5.96. The van der Waals surface area contributed by atoms with Crippen LogP contribution in [0.25, 0.3) is 0 Å². The number of nitrogens with one attached hydrogen (secondary N) is 1. The van der Waals surface area contributed by atoms with E-state index in [-0.39, 0.29) is 5.60 Å². The van der Waals surface area contributed by atoms with Gasteiger partial charge in [-0.2, -0.15) is 0 Å². The molecule has 2 nitrogen and oxygen atoms in total. The van der Waals surface area contributed by atoms with E-state index in [1.807, 2.05) is 0 Å². The maximum absolute atomic E-state index is 5.96. The molecule has 2 heteroatoms. The third-order valence-corrected chi connectivity index (χ3v) is 2.68. The van der Waals surface area contributed by atoms with Crippen molar-refractivity contribution >= 4 is 0 Å². The Hall–Kier alpha value is -1.02. The summed E-state index contributed by atoms with van der Waals surface area (Å²) in [5.74, 6) is 1.01. The van der Waals surface area contributed by atoms with Crippen molar-refractivity contribution in [3.05, 3.63) is 29.3 Å². The molecule has 76 valence electrons. The predicted molar refractivity (Wildman–Crippen MR) is 57.8 cm³/mol. The largest absolute Gasteiger partial charge is 0.485 e. The van der Waals surface area contributed by atoms with E-state index in [0.29, 0.717) is 0 Å². The predicted octanol–water partition coefficient (Wildman–Crippen LogP) is 2.04. The van der Waals surface area contributed by atoms with Gasteiger partial charge in [0, 0.05) is 13.1 Å². The Morgan fingerprint density at radius 2 is 2.00 bits per heavy atom. The molecule has 0 saturated carbocycles. The minimum absolute atomic E-state index is 0.0000180. The van der Waals surface area contributed by atoms with Crippen LogP contribution in [0.1, 0.15) is 18.1 Å². The van der Waals surface area contributed by atoms with Gasteiger partial charge in [0.2, 0.25) is 0 Å². The molecular weight excluding hydrogens is 174 g/mol. The van der Waals surface area contributed by atoms with Crippen LogP contribution in [0.5, 0.6) is 5.75 Å². The van der Waals surface area contributed by atoms with Crippen molar-refractivity contribution in [1.82, 2.24) is 5.32 Å². The summed E-state index contributed by atoms with van der Waals surface area (Å²) in [6.07, 6.45) is 0. The van der Waals surface area contributed by atoms with Crippen LogP contribution in [0.15, 0.2) is 18.2 Å². The molecule has 0 amide bonds. The van der Waals surface area contributed by atoms with E-state index < -0.39 is 0 Å².